The highest BCUT2D eigenvalue weighted by Gasteiger charge is 2.35. The van der Waals surface area contributed by atoms with Gasteiger partial charge in [0.15, 0.2) is 0 Å². The largest absolute Gasteiger partial charge is 0.416 e. The van der Waals surface area contributed by atoms with Crippen LogP contribution in [0.25, 0.3) is 0 Å². The van der Waals surface area contributed by atoms with Crippen LogP contribution in [0.5, 0.6) is 0 Å². The van der Waals surface area contributed by atoms with Crippen molar-refractivity contribution in [3.8, 4) is 0 Å². The van der Waals surface area contributed by atoms with Gasteiger partial charge in [0.2, 0.25) is 10.0 Å². The summed E-state index contributed by atoms with van der Waals surface area (Å²) in [5.41, 5.74) is 6.61. The minimum atomic E-state index is -4.47. The van der Waals surface area contributed by atoms with Crippen LogP contribution in [0.3, 0.4) is 0 Å². The summed E-state index contributed by atoms with van der Waals surface area (Å²) in [6.07, 6.45) is -1.24. The molecule has 0 radical (unpaired) electrons. The van der Waals surface area contributed by atoms with Gasteiger partial charge in [-0.15, -0.1) is 0 Å². The molecule has 0 bridgehead atoms. The predicted molar refractivity (Wildman–Crippen MR) is 119 cm³/mol. The lowest BCUT2D eigenvalue weighted by Crippen LogP contribution is -2.39. The number of aromatic nitrogens is 1. The maximum absolute atomic E-state index is 13.6. The first kappa shape index (κ1) is 23.7. The fourth-order valence-corrected chi connectivity index (χ4v) is 5.51. The molecular formula is C23H21F3N4O3S. The number of primary amides is 1. The molecule has 2 N–H and O–H groups in total. The zero-order valence-corrected chi connectivity index (χ0v) is 18.7. The maximum atomic E-state index is 13.6. The second kappa shape index (κ2) is 9.07. The van der Waals surface area contributed by atoms with Crippen molar-refractivity contribution in [2.45, 2.75) is 30.6 Å². The second-order valence-electron chi connectivity index (χ2n) is 7.82. The van der Waals surface area contributed by atoms with Gasteiger partial charge in [0.25, 0.3) is 0 Å². The van der Waals surface area contributed by atoms with Crippen molar-refractivity contribution in [1.29, 1.82) is 0 Å². The van der Waals surface area contributed by atoms with Crippen molar-refractivity contribution in [3.63, 3.8) is 0 Å². The Morgan fingerprint density at radius 1 is 1.06 bits per heavy atom. The molecule has 0 fully saturated rings. The van der Waals surface area contributed by atoms with Crippen LogP contribution in [0.15, 0.2) is 71.9 Å². The van der Waals surface area contributed by atoms with Gasteiger partial charge in [-0.1, -0.05) is 18.2 Å². The van der Waals surface area contributed by atoms with Crippen LogP contribution in [0.1, 0.15) is 22.3 Å². The molecule has 1 aliphatic heterocycles. The third-order valence-corrected chi connectivity index (χ3v) is 7.53. The van der Waals surface area contributed by atoms with Gasteiger partial charge in [-0.05, 0) is 59.5 Å². The van der Waals surface area contributed by atoms with Gasteiger partial charge in [0.05, 0.1) is 17.8 Å². The van der Waals surface area contributed by atoms with Gasteiger partial charge in [0.1, 0.15) is 4.90 Å². The van der Waals surface area contributed by atoms with Gasteiger partial charge in [-0.2, -0.15) is 17.5 Å². The van der Waals surface area contributed by atoms with Crippen LogP contribution in [0.4, 0.5) is 23.7 Å². The number of fused-ring (bicyclic) bond motifs is 1. The number of hydrogen-bond acceptors (Lipinski definition) is 4. The summed E-state index contributed by atoms with van der Waals surface area (Å²) in [5, 5.41) is 0. The molecule has 0 aliphatic carbocycles. The minimum absolute atomic E-state index is 0.00586. The summed E-state index contributed by atoms with van der Waals surface area (Å²) in [4.78, 5) is 17.2. The molecule has 1 aromatic heterocycles. The van der Waals surface area contributed by atoms with Crippen LogP contribution in [-0.2, 0) is 35.7 Å². The fraction of sp³-hybridized carbons (Fsp3) is 0.217. The quantitative estimate of drug-likeness (QED) is 0.586. The highest BCUT2D eigenvalue weighted by atomic mass is 32.2. The highest BCUT2D eigenvalue weighted by molar-refractivity contribution is 7.89. The number of nitrogens with two attached hydrogens (primary N) is 1. The zero-order valence-electron chi connectivity index (χ0n) is 17.9. The number of alkyl halides is 3. The zero-order chi connectivity index (χ0) is 24.5. The molecular weight excluding hydrogens is 469 g/mol. The van der Waals surface area contributed by atoms with E-state index in [-0.39, 0.29) is 36.6 Å². The molecule has 4 rings (SSSR count). The van der Waals surface area contributed by atoms with Crippen molar-refractivity contribution in [3.05, 3.63) is 89.2 Å². The number of halogens is 3. The first-order chi connectivity index (χ1) is 16.1. The van der Waals surface area contributed by atoms with Crippen molar-refractivity contribution >= 4 is 21.7 Å². The fourth-order valence-electron chi connectivity index (χ4n) is 3.90. The number of pyridine rings is 1. The molecule has 2 aromatic carbocycles. The SMILES string of the molecule is NC(=O)N(Cc1ccncc1)c1ccccc1S(=O)(=O)N1CCc2cc(C(F)(F)F)ccc2C1. The maximum Gasteiger partial charge on any atom is 0.416 e. The van der Waals surface area contributed by atoms with Gasteiger partial charge in [0, 0.05) is 25.5 Å². The van der Waals surface area contributed by atoms with Gasteiger partial charge in [-0.3, -0.25) is 9.88 Å². The summed E-state index contributed by atoms with van der Waals surface area (Å²) >= 11 is 0. The number of sulfonamides is 1. The van der Waals surface area contributed by atoms with E-state index in [9.17, 15) is 26.4 Å². The Morgan fingerprint density at radius 2 is 1.76 bits per heavy atom. The monoisotopic (exact) mass is 490 g/mol. The van der Waals surface area contributed by atoms with Crippen molar-refractivity contribution < 1.29 is 26.4 Å². The number of rotatable bonds is 5. The average molecular weight is 491 g/mol. The lowest BCUT2D eigenvalue weighted by Gasteiger charge is -2.30. The molecule has 2 heterocycles. The summed E-state index contributed by atoms with van der Waals surface area (Å²) in [6, 6.07) is 11.9. The third kappa shape index (κ3) is 4.75. The normalized spacial score (nSPS) is 14.4. The van der Waals surface area contributed by atoms with Crippen LogP contribution < -0.4 is 10.6 Å². The molecule has 3 aromatic rings. The van der Waals surface area contributed by atoms with E-state index in [2.05, 4.69) is 4.98 Å². The summed E-state index contributed by atoms with van der Waals surface area (Å²) in [5.74, 6) is 0. The van der Waals surface area contributed by atoms with Crippen LogP contribution in [0, 0.1) is 0 Å². The van der Waals surface area contributed by atoms with Crippen molar-refractivity contribution in [2.75, 3.05) is 11.4 Å². The van der Waals surface area contributed by atoms with E-state index in [1.165, 1.54) is 28.6 Å². The lowest BCUT2D eigenvalue weighted by molar-refractivity contribution is -0.137. The van der Waals surface area contributed by atoms with Gasteiger partial charge in [-0.25, -0.2) is 13.2 Å². The average Bonchev–Trinajstić information content (AvgIpc) is 2.81. The molecule has 7 nitrogen and oxygen atoms in total. The van der Waals surface area contributed by atoms with Gasteiger partial charge >= 0.3 is 12.2 Å². The summed E-state index contributed by atoms with van der Waals surface area (Å²) in [7, 11) is -4.10. The molecule has 0 spiro atoms. The molecule has 1 aliphatic rings. The topological polar surface area (TPSA) is 96.6 Å². The molecule has 178 valence electrons. The number of benzene rings is 2. The molecule has 0 saturated heterocycles. The predicted octanol–water partition coefficient (Wildman–Crippen LogP) is 3.93. The number of nitrogens with zero attached hydrogens (tertiary/aromatic N) is 3. The van der Waals surface area contributed by atoms with Crippen molar-refractivity contribution in [1.82, 2.24) is 9.29 Å². The van der Waals surface area contributed by atoms with E-state index in [4.69, 9.17) is 5.73 Å². The van der Waals surface area contributed by atoms with Gasteiger partial charge < -0.3 is 5.73 Å². The number of para-hydroxylation sites is 1. The number of anilines is 1. The Balaban J connectivity index is 1.67. The number of hydrogen-bond donors (Lipinski definition) is 1. The smallest absolute Gasteiger partial charge is 0.351 e. The van der Waals surface area contributed by atoms with E-state index >= 15 is 0 Å². The summed E-state index contributed by atoms with van der Waals surface area (Å²) < 4.78 is 67.5. The Kier molecular flexibility index (Phi) is 6.32. The Labute approximate surface area is 194 Å². The molecule has 2 amide bonds. The molecule has 0 saturated carbocycles. The van der Waals surface area contributed by atoms with Crippen LogP contribution in [-0.4, -0.2) is 30.3 Å². The second-order valence-corrected chi connectivity index (χ2v) is 9.72. The van der Waals surface area contributed by atoms with E-state index < -0.39 is 27.8 Å². The van der Waals surface area contributed by atoms with E-state index in [0.717, 1.165) is 17.0 Å². The Bertz CT molecular complexity index is 1310. The summed E-state index contributed by atoms with van der Waals surface area (Å²) in [6.45, 7) is -0.0373. The molecule has 34 heavy (non-hydrogen) atoms. The molecule has 11 heteroatoms. The number of carbonyl (C=O) groups excluding carboxylic acids is 1. The molecule has 0 unspecified atom stereocenters. The van der Waals surface area contributed by atoms with E-state index in [1.807, 2.05) is 0 Å². The van der Waals surface area contributed by atoms with Crippen LogP contribution >= 0.6 is 0 Å². The first-order valence-corrected chi connectivity index (χ1v) is 11.8. The van der Waals surface area contributed by atoms with E-state index in [1.54, 1.807) is 30.6 Å². The van der Waals surface area contributed by atoms with E-state index in [0.29, 0.717) is 16.7 Å². The number of urea groups is 1. The standard InChI is InChI=1S/C23H21F3N4O3S/c24-23(25,26)19-6-5-18-15-29(12-9-17(18)13-19)34(32,33)21-4-2-1-3-20(21)30(22(27)31)14-16-7-10-28-11-8-16/h1-8,10-11,13H,9,12,14-15H2,(H2,27,31). The minimum Gasteiger partial charge on any atom is -0.351 e. The Hall–Kier alpha value is -3.44. The highest BCUT2D eigenvalue weighted by Crippen LogP contribution is 2.35. The lowest BCUT2D eigenvalue weighted by atomic mass is 9.98. The van der Waals surface area contributed by atoms with Crippen molar-refractivity contribution in [2.24, 2.45) is 5.73 Å². The van der Waals surface area contributed by atoms with Crippen LogP contribution in [0.2, 0.25) is 0 Å². The third-order valence-electron chi connectivity index (χ3n) is 5.64. The number of carbonyl (C=O) groups is 1. The first-order valence-electron chi connectivity index (χ1n) is 10.3. The molecule has 0 atom stereocenters. The number of amides is 2. The Morgan fingerprint density at radius 3 is 2.44 bits per heavy atom.